The van der Waals surface area contributed by atoms with E-state index in [-0.39, 0.29) is 12.6 Å². The van der Waals surface area contributed by atoms with E-state index < -0.39 is 0 Å². The summed E-state index contributed by atoms with van der Waals surface area (Å²) >= 11 is 0. The fourth-order valence-corrected chi connectivity index (χ4v) is 2.13. The molecule has 1 aromatic rings. The van der Waals surface area contributed by atoms with Gasteiger partial charge < -0.3 is 14.7 Å². The summed E-state index contributed by atoms with van der Waals surface area (Å²) in [6.45, 7) is 4.66. The molecular weight excluding hydrogens is 232 g/mol. The lowest BCUT2D eigenvalue weighted by Gasteiger charge is -2.39. The fourth-order valence-electron chi connectivity index (χ4n) is 2.13. The second-order valence-corrected chi connectivity index (χ2v) is 4.62. The lowest BCUT2D eigenvalue weighted by molar-refractivity contribution is 0.135. The minimum atomic E-state index is 0.153. The molecule has 1 aliphatic heterocycles. The first kappa shape index (κ1) is 13.0. The highest BCUT2D eigenvalue weighted by Gasteiger charge is 2.24. The zero-order valence-corrected chi connectivity index (χ0v) is 11.1. The van der Waals surface area contributed by atoms with Crippen molar-refractivity contribution in [3.8, 4) is 6.01 Å². The maximum Gasteiger partial charge on any atom is 0.318 e. The van der Waals surface area contributed by atoms with Crippen molar-refractivity contribution in [2.45, 2.75) is 13.0 Å². The molecule has 1 N–H and O–H groups in total. The van der Waals surface area contributed by atoms with Crippen molar-refractivity contribution in [2.24, 2.45) is 0 Å². The molecule has 100 valence electrons. The molecule has 1 saturated heterocycles. The Labute approximate surface area is 107 Å². The molecule has 6 nitrogen and oxygen atoms in total. The summed E-state index contributed by atoms with van der Waals surface area (Å²) in [5.74, 6) is 0.867. The zero-order chi connectivity index (χ0) is 13.1. The van der Waals surface area contributed by atoms with E-state index in [1.54, 1.807) is 7.11 Å². The quantitative estimate of drug-likeness (QED) is 0.811. The number of methoxy groups -OCH3 is 1. The number of piperazine rings is 1. The van der Waals surface area contributed by atoms with Crippen LogP contribution in [-0.4, -0.2) is 66.4 Å². The van der Waals surface area contributed by atoms with Crippen LogP contribution in [0.4, 0.5) is 5.82 Å². The maximum absolute atomic E-state index is 9.36. The maximum atomic E-state index is 9.36. The summed E-state index contributed by atoms with van der Waals surface area (Å²) in [6, 6.07) is 2.49. The van der Waals surface area contributed by atoms with Gasteiger partial charge in [0.05, 0.1) is 19.8 Å². The number of rotatable bonds is 3. The van der Waals surface area contributed by atoms with Gasteiger partial charge in [-0.05, 0) is 14.0 Å². The zero-order valence-electron chi connectivity index (χ0n) is 11.1. The van der Waals surface area contributed by atoms with Crippen molar-refractivity contribution in [3.05, 3.63) is 11.8 Å². The van der Waals surface area contributed by atoms with E-state index in [1.807, 2.05) is 20.0 Å². The van der Waals surface area contributed by atoms with E-state index in [1.165, 1.54) is 0 Å². The Hall–Kier alpha value is -1.40. The molecule has 0 aromatic carbocycles. The van der Waals surface area contributed by atoms with E-state index >= 15 is 0 Å². The molecule has 2 rings (SSSR count). The lowest BCUT2D eigenvalue weighted by atomic mass is 10.2. The monoisotopic (exact) mass is 252 g/mol. The van der Waals surface area contributed by atoms with E-state index in [0.717, 1.165) is 31.1 Å². The van der Waals surface area contributed by atoms with E-state index in [9.17, 15) is 5.11 Å². The highest BCUT2D eigenvalue weighted by molar-refractivity contribution is 5.41. The van der Waals surface area contributed by atoms with Gasteiger partial charge in [0, 0.05) is 31.4 Å². The highest BCUT2D eigenvalue weighted by atomic mass is 16.5. The van der Waals surface area contributed by atoms with Crippen molar-refractivity contribution < 1.29 is 9.84 Å². The predicted molar refractivity (Wildman–Crippen MR) is 69.0 cm³/mol. The van der Waals surface area contributed by atoms with Crippen LogP contribution in [0.5, 0.6) is 6.01 Å². The van der Waals surface area contributed by atoms with Crippen molar-refractivity contribution in [1.29, 1.82) is 0 Å². The van der Waals surface area contributed by atoms with Crippen LogP contribution >= 0.6 is 0 Å². The standard InChI is InChI=1S/C12H20N4O2/c1-9-6-11(14-12(13-9)18-3)16-5-4-15(2)10(7-16)8-17/h6,10,17H,4-5,7-8H2,1-3H3/t10-/m0/s1. The minimum absolute atomic E-state index is 0.153. The van der Waals surface area contributed by atoms with Gasteiger partial charge in [-0.25, -0.2) is 4.98 Å². The van der Waals surface area contributed by atoms with Gasteiger partial charge in [0.25, 0.3) is 0 Å². The van der Waals surface area contributed by atoms with E-state index in [4.69, 9.17) is 4.74 Å². The fraction of sp³-hybridized carbons (Fsp3) is 0.667. The summed E-state index contributed by atoms with van der Waals surface area (Å²) < 4.78 is 5.09. The Morgan fingerprint density at radius 2 is 2.22 bits per heavy atom. The third-order valence-corrected chi connectivity index (χ3v) is 3.31. The number of aliphatic hydroxyl groups is 1. The number of likely N-dealkylation sites (N-methyl/N-ethyl adjacent to an activating group) is 1. The smallest absolute Gasteiger partial charge is 0.318 e. The van der Waals surface area contributed by atoms with Crippen molar-refractivity contribution in [2.75, 3.05) is 45.3 Å². The number of ether oxygens (including phenoxy) is 1. The van der Waals surface area contributed by atoms with Crippen LogP contribution in [0.25, 0.3) is 0 Å². The Kier molecular flexibility index (Phi) is 3.98. The van der Waals surface area contributed by atoms with Crippen LogP contribution in [0.3, 0.4) is 0 Å². The molecule has 0 aliphatic carbocycles. The molecule has 1 aliphatic rings. The molecule has 0 saturated carbocycles. The molecule has 0 bridgehead atoms. The van der Waals surface area contributed by atoms with Crippen LogP contribution in [0, 0.1) is 6.92 Å². The number of aromatic nitrogens is 2. The van der Waals surface area contributed by atoms with Gasteiger partial charge >= 0.3 is 6.01 Å². The molecule has 0 spiro atoms. The first-order chi connectivity index (χ1) is 8.63. The molecule has 0 radical (unpaired) electrons. The van der Waals surface area contributed by atoms with Crippen molar-refractivity contribution in [1.82, 2.24) is 14.9 Å². The van der Waals surface area contributed by atoms with Gasteiger partial charge in [-0.2, -0.15) is 4.98 Å². The molecule has 2 heterocycles. The van der Waals surface area contributed by atoms with Crippen molar-refractivity contribution >= 4 is 5.82 Å². The van der Waals surface area contributed by atoms with Gasteiger partial charge in [0.15, 0.2) is 0 Å². The number of anilines is 1. The predicted octanol–water partition coefficient (Wildman–Crippen LogP) is -0.0937. The molecule has 0 amide bonds. The largest absolute Gasteiger partial charge is 0.467 e. The summed E-state index contributed by atoms with van der Waals surface area (Å²) in [4.78, 5) is 12.9. The summed E-state index contributed by atoms with van der Waals surface area (Å²) in [6.07, 6.45) is 0. The number of hydrogen-bond donors (Lipinski definition) is 1. The third kappa shape index (κ3) is 2.70. The average Bonchev–Trinajstić information content (AvgIpc) is 2.38. The third-order valence-electron chi connectivity index (χ3n) is 3.31. The lowest BCUT2D eigenvalue weighted by Crippen LogP contribution is -2.53. The summed E-state index contributed by atoms with van der Waals surface area (Å²) in [7, 11) is 3.60. The molecule has 1 atom stereocenters. The molecule has 1 aromatic heterocycles. The number of aryl methyl sites for hydroxylation is 1. The Balaban J connectivity index is 2.18. The Morgan fingerprint density at radius 3 is 2.89 bits per heavy atom. The van der Waals surface area contributed by atoms with Crippen LogP contribution in [0.2, 0.25) is 0 Å². The van der Waals surface area contributed by atoms with Crippen LogP contribution in [0.15, 0.2) is 6.07 Å². The Morgan fingerprint density at radius 1 is 1.44 bits per heavy atom. The molecule has 18 heavy (non-hydrogen) atoms. The van der Waals surface area contributed by atoms with Crippen LogP contribution in [-0.2, 0) is 0 Å². The molecule has 0 unspecified atom stereocenters. The highest BCUT2D eigenvalue weighted by Crippen LogP contribution is 2.19. The molecule has 1 fully saturated rings. The second-order valence-electron chi connectivity index (χ2n) is 4.62. The van der Waals surface area contributed by atoms with Gasteiger partial charge in [0.1, 0.15) is 5.82 Å². The number of aliphatic hydroxyl groups excluding tert-OH is 1. The Bertz CT molecular complexity index is 413. The van der Waals surface area contributed by atoms with Gasteiger partial charge in [-0.3, -0.25) is 4.90 Å². The normalized spacial score (nSPS) is 21.1. The second kappa shape index (κ2) is 5.49. The SMILES string of the molecule is COc1nc(C)cc(N2CCN(C)[C@H](CO)C2)n1. The first-order valence-corrected chi connectivity index (χ1v) is 6.09. The van der Waals surface area contributed by atoms with Gasteiger partial charge in [-0.15, -0.1) is 0 Å². The average molecular weight is 252 g/mol. The van der Waals surface area contributed by atoms with Crippen LogP contribution < -0.4 is 9.64 Å². The summed E-state index contributed by atoms with van der Waals surface area (Å²) in [5, 5.41) is 9.36. The van der Waals surface area contributed by atoms with E-state index in [2.05, 4.69) is 19.8 Å². The molecule has 6 heteroatoms. The number of hydrogen-bond acceptors (Lipinski definition) is 6. The summed E-state index contributed by atoms with van der Waals surface area (Å²) in [5.41, 5.74) is 0.885. The van der Waals surface area contributed by atoms with Crippen LogP contribution in [0.1, 0.15) is 5.69 Å². The van der Waals surface area contributed by atoms with Gasteiger partial charge in [0.2, 0.25) is 0 Å². The van der Waals surface area contributed by atoms with Crippen molar-refractivity contribution in [3.63, 3.8) is 0 Å². The minimum Gasteiger partial charge on any atom is -0.467 e. The topological polar surface area (TPSA) is 61.7 Å². The van der Waals surface area contributed by atoms with Gasteiger partial charge in [-0.1, -0.05) is 0 Å². The number of nitrogens with zero attached hydrogens (tertiary/aromatic N) is 4. The first-order valence-electron chi connectivity index (χ1n) is 6.09. The molecular formula is C12H20N4O2. The van der Waals surface area contributed by atoms with E-state index in [0.29, 0.717) is 6.01 Å².